The lowest BCUT2D eigenvalue weighted by molar-refractivity contribution is 0.351. The van der Waals surface area contributed by atoms with E-state index in [0.717, 1.165) is 17.7 Å². The lowest BCUT2D eigenvalue weighted by Crippen LogP contribution is -2.28. The van der Waals surface area contributed by atoms with Crippen LogP contribution < -0.4 is 0 Å². The summed E-state index contributed by atoms with van der Waals surface area (Å²) in [6, 6.07) is 17.7. The van der Waals surface area contributed by atoms with Crippen LogP contribution in [0.5, 0.6) is 0 Å². The Morgan fingerprint density at radius 3 is 2.63 bits per heavy atom. The smallest absolute Gasteiger partial charge is 0.135 e. The number of halogens is 1. The Morgan fingerprint density at radius 1 is 1.11 bits per heavy atom. The summed E-state index contributed by atoms with van der Waals surface area (Å²) < 4.78 is 0. The monoisotopic (exact) mass is 395 g/mol. The van der Waals surface area contributed by atoms with E-state index in [4.69, 9.17) is 17.0 Å². The molecule has 1 aromatic heterocycles. The number of nitrogens with one attached hydrogen (secondary N) is 1. The molecular weight excluding hydrogens is 378 g/mol. The molecule has 0 aliphatic carbocycles. The summed E-state index contributed by atoms with van der Waals surface area (Å²) >= 11 is 7.68. The first kappa shape index (κ1) is 17.8. The van der Waals surface area contributed by atoms with Crippen LogP contribution in [0.3, 0.4) is 0 Å². The molecule has 0 amide bonds. The fraction of sp³-hybridized carbons (Fsp3) is 0.143. The minimum atomic E-state index is 0.202. The number of hydrogen-bond donors (Lipinski definition) is 2. The predicted molar refractivity (Wildman–Crippen MR) is 112 cm³/mol. The highest BCUT2D eigenvalue weighted by Crippen LogP contribution is 2.34. The fourth-order valence-electron chi connectivity index (χ4n) is 3.14. The molecule has 0 atom stereocenters. The van der Waals surface area contributed by atoms with E-state index < -0.39 is 0 Å². The third-order valence-electron chi connectivity index (χ3n) is 4.56. The van der Waals surface area contributed by atoms with E-state index >= 15 is 0 Å². The van der Waals surface area contributed by atoms with Gasteiger partial charge in [0.05, 0.1) is 17.8 Å². The minimum absolute atomic E-state index is 0.202. The van der Waals surface area contributed by atoms with Gasteiger partial charge in [-0.3, -0.25) is 5.41 Å². The van der Waals surface area contributed by atoms with Crippen LogP contribution in [-0.4, -0.2) is 33.9 Å². The zero-order valence-electron chi connectivity index (χ0n) is 14.5. The van der Waals surface area contributed by atoms with Gasteiger partial charge < -0.3 is 10.0 Å². The number of aromatic nitrogens is 1. The van der Waals surface area contributed by atoms with Crippen LogP contribution in [0.1, 0.15) is 10.6 Å². The van der Waals surface area contributed by atoms with Crippen molar-refractivity contribution in [3.8, 4) is 11.3 Å². The lowest BCUT2D eigenvalue weighted by atomic mass is 10.1. The molecule has 2 aromatic carbocycles. The Labute approximate surface area is 166 Å². The number of aliphatic hydroxyl groups is 1. The van der Waals surface area contributed by atoms with Gasteiger partial charge in [-0.1, -0.05) is 60.1 Å². The topological polar surface area (TPSA) is 60.2 Å². The number of rotatable bonds is 5. The first-order valence-corrected chi connectivity index (χ1v) is 9.90. The maximum absolute atomic E-state index is 10.5. The number of hydrogen-bond acceptors (Lipinski definition) is 4. The molecule has 0 spiro atoms. The number of amidine groups is 1. The molecule has 6 heteroatoms. The SMILES string of the molecule is N=C1C(c2nc(-c3ccccc3Cl)cs2)=C(O)CN1CCc1ccccc1. The van der Waals surface area contributed by atoms with Gasteiger partial charge >= 0.3 is 0 Å². The van der Waals surface area contributed by atoms with Crippen molar-refractivity contribution in [2.75, 3.05) is 13.1 Å². The third-order valence-corrected chi connectivity index (χ3v) is 5.75. The molecule has 0 unspecified atom stereocenters. The van der Waals surface area contributed by atoms with Gasteiger partial charge in [0.15, 0.2) is 0 Å². The second-order valence-corrected chi connectivity index (χ2v) is 7.61. The van der Waals surface area contributed by atoms with Gasteiger partial charge in [-0.25, -0.2) is 4.98 Å². The van der Waals surface area contributed by atoms with E-state index in [-0.39, 0.29) is 5.76 Å². The Balaban J connectivity index is 1.52. The Morgan fingerprint density at radius 2 is 1.85 bits per heavy atom. The number of thiazole rings is 1. The van der Waals surface area contributed by atoms with E-state index in [1.807, 2.05) is 52.7 Å². The molecule has 4 rings (SSSR count). The fourth-order valence-corrected chi connectivity index (χ4v) is 4.26. The van der Waals surface area contributed by atoms with E-state index in [2.05, 4.69) is 17.1 Å². The van der Waals surface area contributed by atoms with Gasteiger partial charge in [0.2, 0.25) is 0 Å². The average Bonchev–Trinajstić information content (AvgIpc) is 3.25. The molecule has 0 radical (unpaired) electrons. The van der Waals surface area contributed by atoms with Gasteiger partial charge in [-0.05, 0) is 18.1 Å². The zero-order valence-corrected chi connectivity index (χ0v) is 16.1. The van der Waals surface area contributed by atoms with Gasteiger partial charge in [-0.2, -0.15) is 0 Å². The Hall–Kier alpha value is -2.63. The molecule has 0 bridgehead atoms. The zero-order chi connectivity index (χ0) is 18.8. The van der Waals surface area contributed by atoms with Gasteiger partial charge in [-0.15, -0.1) is 11.3 Å². The van der Waals surface area contributed by atoms with Crippen LogP contribution in [0, 0.1) is 5.41 Å². The molecule has 1 aliphatic rings. The molecular formula is C21H18ClN3OS. The summed E-state index contributed by atoms with van der Waals surface area (Å²) in [5, 5.41) is 22.2. The van der Waals surface area contributed by atoms with Gasteiger partial charge in [0.25, 0.3) is 0 Å². The summed E-state index contributed by atoms with van der Waals surface area (Å²) in [4.78, 5) is 6.51. The molecule has 3 aromatic rings. The summed E-state index contributed by atoms with van der Waals surface area (Å²) in [6.45, 7) is 1.03. The van der Waals surface area contributed by atoms with Crippen LogP contribution in [-0.2, 0) is 6.42 Å². The highest BCUT2D eigenvalue weighted by atomic mass is 35.5. The first-order valence-electron chi connectivity index (χ1n) is 8.64. The summed E-state index contributed by atoms with van der Waals surface area (Å²) in [5.74, 6) is 0.525. The molecule has 136 valence electrons. The van der Waals surface area contributed by atoms with Crippen LogP contribution in [0.4, 0.5) is 0 Å². The Bertz CT molecular complexity index is 1010. The van der Waals surface area contributed by atoms with Crippen molar-refractivity contribution in [1.82, 2.24) is 9.88 Å². The highest BCUT2D eigenvalue weighted by Gasteiger charge is 2.30. The summed E-state index contributed by atoms with van der Waals surface area (Å²) in [7, 11) is 0. The van der Waals surface area contributed by atoms with Crippen LogP contribution >= 0.6 is 22.9 Å². The quantitative estimate of drug-likeness (QED) is 0.618. The second-order valence-electron chi connectivity index (χ2n) is 6.35. The maximum atomic E-state index is 10.5. The lowest BCUT2D eigenvalue weighted by Gasteiger charge is -2.18. The molecule has 0 saturated carbocycles. The summed E-state index contributed by atoms with van der Waals surface area (Å²) in [6.07, 6.45) is 0.826. The molecule has 2 heterocycles. The largest absolute Gasteiger partial charge is 0.510 e. The van der Waals surface area contributed by atoms with Crippen LogP contribution in [0.2, 0.25) is 5.02 Å². The van der Waals surface area contributed by atoms with Gasteiger partial charge in [0.1, 0.15) is 16.6 Å². The van der Waals surface area contributed by atoms with E-state index in [1.54, 1.807) is 0 Å². The van der Waals surface area contributed by atoms with Crippen molar-refractivity contribution in [3.63, 3.8) is 0 Å². The van der Waals surface area contributed by atoms with Crippen molar-refractivity contribution in [2.24, 2.45) is 0 Å². The Kier molecular flexibility index (Phi) is 4.97. The first-order chi connectivity index (χ1) is 13.1. The van der Waals surface area contributed by atoms with Crippen molar-refractivity contribution in [3.05, 3.63) is 81.3 Å². The van der Waals surface area contributed by atoms with Crippen molar-refractivity contribution in [1.29, 1.82) is 5.41 Å². The number of benzene rings is 2. The number of nitrogens with zero attached hydrogens (tertiary/aromatic N) is 2. The molecule has 0 saturated heterocycles. The van der Waals surface area contributed by atoms with Gasteiger partial charge in [0, 0.05) is 22.5 Å². The summed E-state index contributed by atoms with van der Waals surface area (Å²) in [5.41, 5.74) is 3.35. The van der Waals surface area contributed by atoms with Crippen molar-refractivity contribution in [2.45, 2.75) is 6.42 Å². The standard InChI is InChI=1S/C21H18ClN3OS/c22-16-9-5-4-8-15(16)17-13-27-21(24-17)19-18(26)12-25(20(19)23)11-10-14-6-2-1-3-7-14/h1-9,13,23,26H,10-12H2. The van der Waals surface area contributed by atoms with E-state index in [0.29, 0.717) is 34.5 Å². The molecule has 2 N–H and O–H groups in total. The van der Waals surface area contributed by atoms with Crippen LogP contribution in [0.15, 0.2) is 65.7 Å². The second kappa shape index (κ2) is 7.55. The third kappa shape index (κ3) is 3.61. The average molecular weight is 396 g/mol. The van der Waals surface area contributed by atoms with Crippen molar-refractivity contribution < 1.29 is 5.11 Å². The normalized spacial score (nSPS) is 14.3. The molecule has 4 nitrogen and oxygen atoms in total. The molecule has 27 heavy (non-hydrogen) atoms. The van der Waals surface area contributed by atoms with E-state index in [9.17, 15) is 5.11 Å². The molecule has 0 fully saturated rings. The number of aliphatic hydroxyl groups excluding tert-OH is 1. The maximum Gasteiger partial charge on any atom is 0.135 e. The van der Waals surface area contributed by atoms with E-state index in [1.165, 1.54) is 16.9 Å². The van der Waals surface area contributed by atoms with Crippen LogP contribution in [0.25, 0.3) is 16.8 Å². The highest BCUT2D eigenvalue weighted by molar-refractivity contribution is 7.11. The van der Waals surface area contributed by atoms with Crippen molar-refractivity contribution >= 4 is 34.3 Å². The molecule has 1 aliphatic heterocycles. The minimum Gasteiger partial charge on any atom is -0.510 e. The predicted octanol–water partition coefficient (Wildman–Crippen LogP) is 5.27.